The van der Waals surface area contributed by atoms with E-state index >= 15 is 0 Å². The molecule has 1 aliphatic rings. The maximum absolute atomic E-state index is 12.3. The molecule has 2 rings (SSSR count). The highest BCUT2D eigenvalue weighted by atomic mass is 79.9. The van der Waals surface area contributed by atoms with E-state index in [0.29, 0.717) is 18.5 Å². The zero-order valence-corrected chi connectivity index (χ0v) is 14.1. The lowest BCUT2D eigenvalue weighted by Crippen LogP contribution is -2.55. The van der Waals surface area contributed by atoms with Crippen molar-refractivity contribution in [3.05, 3.63) is 34.3 Å². The Labute approximate surface area is 130 Å². The SMILES string of the molecule is CC1CN(CCC(=O)c2ccccc2Br)CC(C)N1C. The van der Waals surface area contributed by atoms with E-state index in [1.165, 1.54) is 0 Å². The van der Waals surface area contributed by atoms with Gasteiger partial charge in [0.1, 0.15) is 0 Å². The maximum Gasteiger partial charge on any atom is 0.165 e. The van der Waals surface area contributed by atoms with Gasteiger partial charge in [-0.05, 0) is 27.0 Å². The van der Waals surface area contributed by atoms with Crippen molar-refractivity contribution in [3.63, 3.8) is 0 Å². The van der Waals surface area contributed by atoms with Gasteiger partial charge in [-0.25, -0.2) is 0 Å². The Hall–Kier alpha value is -0.710. The molecule has 2 unspecified atom stereocenters. The second-order valence-corrected chi connectivity index (χ2v) is 6.63. The molecule has 1 aliphatic heterocycles. The number of halogens is 1. The van der Waals surface area contributed by atoms with Crippen molar-refractivity contribution in [2.45, 2.75) is 32.4 Å². The molecule has 0 spiro atoms. The molecule has 3 nitrogen and oxygen atoms in total. The molecule has 20 heavy (non-hydrogen) atoms. The minimum atomic E-state index is 0.219. The smallest absolute Gasteiger partial charge is 0.165 e. The molecule has 0 aliphatic carbocycles. The van der Waals surface area contributed by atoms with Gasteiger partial charge in [0.2, 0.25) is 0 Å². The first-order valence-corrected chi connectivity index (χ1v) is 8.00. The summed E-state index contributed by atoms with van der Waals surface area (Å²) < 4.78 is 0.894. The van der Waals surface area contributed by atoms with Crippen LogP contribution in [0.4, 0.5) is 0 Å². The predicted octanol–water partition coefficient (Wildman–Crippen LogP) is 3.05. The Morgan fingerprint density at radius 2 is 1.85 bits per heavy atom. The first-order valence-electron chi connectivity index (χ1n) is 7.21. The Kier molecular flexibility index (Phi) is 5.35. The molecule has 4 heteroatoms. The van der Waals surface area contributed by atoms with Gasteiger partial charge in [0.05, 0.1) is 0 Å². The Morgan fingerprint density at radius 3 is 2.45 bits per heavy atom. The van der Waals surface area contributed by atoms with Crippen LogP contribution in [0.1, 0.15) is 30.6 Å². The van der Waals surface area contributed by atoms with Crippen molar-refractivity contribution in [1.82, 2.24) is 9.80 Å². The van der Waals surface area contributed by atoms with Crippen molar-refractivity contribution in [3.8, 4) is 0 Å². The van der Waals surface area contributed by atoms with E-state index < -0.39 is 0 Å². The number of rotatable bonds is 4. The fourth-order valence-corrected chi connectivity index (χ4v) is 3.28. The number of carbonyl (C=O) groups excluding carboxylic acids is 1. The number of piperazine rings is 1. The largest absolute Gasteiger partial charge is 0.300 e. The van der Waals surface area contributed by atoms with Crippen molar-refractivity contribution < 1.29 is 4.79 Å². The lowest BCUT2D eigenvalue weighted by molar-refractivity contribution is 0.0575. The molecule has 0 saturated carbocycles. The summed E-state index contributed by atoms with van der Waals surface area (Å²) in [5, 5.41) is 0. The zero-order chi connectivity index (χ0) is 14.7. The fraction of sp³-hybridized carbons (Fsp3) is 0.562. The molecule has 1 fully saturated rings. The van der Waals surface area contributed by atoms with E-state index in [-0.39, 0.29) is 5.78 Å². The summed E-state index contributed by atoms with van der Waals surface area (Å²) in [6, 6.07) is 8.77. The van der Waals surface area contributed by atoms with E-state index in [1.54, 1.807) is 0 Å². The summed E-state index contributed by atoms with van der Waals surface area (Å²) in [4.78, 5) is 17.1. The molecule has 0 N–H and O–H groups in total. The highest BCUT2D eigenvalue weighted by Crippen LogP contribution is 2.19. The van der Waals surface area contributed by atoms with Crippen LogP contribution in [0.2, 0.25) is 0 Å². The molecule has 1 heterocycles. The topological polar surface area (TPSA) is 23.6 Å². The van der Waals surface area contributed by atoms with Crippen LogP contribution < -0.4 is 0 Å². The second kappa shape index (κ2) is 6.83. The van der Waals surface area contributed by atoms with Crippen molar-refractivity contribution in [2.24, 2.45) is 0 Å². The number of nitrogens with zero attached hydrogens (tertiary/aromatic N) is 2. The quantitative estimate of drug-likeness (QED) is 0.788. The van der Waals surface area contributed by atoms with Crippen LogP contribution in [-0.4, -0.2) is 54.3 Å². The number of hydrogen-bond donors (Lipinski definition) is 0. The predicted molar refractivity (Wildman–Crippen MR) is 86.2 cm³/mol. The number of hydrogen-bond acceptors (Lipinski definition) is 3. The Balaban J connectivity index is 1.90. The van der Waals surface area contributed by atoms with Crippen LogP contribution in [0.3, 0.4) is 0 Å². The van der Waals surface area contributed by atoms with Gasteiger partial charge in [0.15, 0.2) is 5.78 Å². The van der Waals surface area contributed by atoms with Gasteiger partial charge in [-0.1, -0.05) is 34.1 Å². The van der Waals surface area contributed by atoms with Gasteiger partial charge in [-0.2, -0.15) is 0 Å². The van der Waals surface area contributed by atoms with Crippen LogP contribution in [0.5, 0.6) is 0 Å². The van der Waals surface area contributed by atoms with Gasteiger partial charge in [0, 0.05) is 48.2 Å². The van der Waals surface area contributed by atoms with E-state index in [9.17, 15) is 4.79 Å². The Morgan fingerprint density at radius 1 is 1.25 bits per heavy atom. The summed E-state index contributed by atoms with van der Waals surface area (Å²) in [5.74, 6) is 0.219. The number of ketones is 1. The van der Waals surface area contributed by atoms with Gasteiger partial charge in [-0.15, -0.1) is 0 Å². The second-order valence-electron chi connectivity index (χ2n) is 5.78. The normalized spacial score (nSPS) is 24.8. The average molecular weight is 339 g/mol. The van der Waals surface area contributed by atoms with Crippen LogP contribution in [-0.2, 0) is 0 Å². The van der Waals surface area contributed by atoms with Gasteiger partial charge >= 0.3 is 0 Å². The first-order chi connectivity index (χ1) is 9.49. The molecular formula is C16H23BrN2O. The standard InChI is InChI=1S/C16H23BrN2O/c1-12-10-19(11-13(2)18(12)3)9-8-16(20)14-6-4-5-7-15(14)17/h4-7,12-13H,8-11H2,1-3H3. The molecule has 0 bridgehead atoms. The number of likely N-dealkylation sites (N-methyl/N-ethyl adjacent to an activating group) is 1. The highest BCUT2D eigenvalue weighted by Gasteiger charge is 2.26. The van der Waals surface area contributed by atoms with Crippen LogP contribution in [0, 0.1) is 0 Å². The third-order valence-corrected chi connectivity index (χ3v) is 4.96. The van der Waals surface area contributed by atoms with Crippen LogP contribution in [0.15, 0.2) is 28.7 Å². The molecule has 110 valence electrons. The minimum absolute atomic E-state index is 0.219. The van der Waals surface area contributed by atoms with Crippen molar-refractivity contribution in [2.75, 3.05) is 26.7 Å². The van der Waals surface area contributed by atoms with Gasteiger partial charge < -0.3 is 0 Å². The lowest BCUT2D eigenvalue weighted by atomic mass is 10.1. The first kappa shape index (κ1) is 15.7. The zero-order valence-electron chi connectivity index (χ0n) is 12.5. The van der Waals surface area contributed by atoms with Crippen LogP contribution >= 0.6 is 15.9 Å². The fourth-order valence-electron chi connectivity index (χ4n) is 2.78. The summed E-state index contributed by atoms with van der Waals surface area (Å²) in [6.07, 6.45) is 0.589. The van der Waals surface area contributed by atoms with Crippen molar-refractivity contribution >= 4 is 21.7 Å². The maximum atomic E-state index is 12.3. The number of Topliss-reactive ketones (excluding diaryl/α,β-unsaturated/α-hetero) is 1. The third-order valence-electron chi connectivity index (χ3n) is 4.26. The third kappa shape index (κ3) is 3.68. The Bertz CT molecular complexity index is 465. The summed E-state index contributed by atoms with van der Waals surface area (Å²) in [6.45, 7) is 7.44. The van der Waals surface area contributed by atoms with Crippen LogP contribution in [0.25, 0.3) is 0 Å². The molecule has 2 atom stereocenters. The summed E-state index contributed by atoms with van der Waals surface area (Å²) in [5.41, 5.74) is 0.794. The summed E-state index contributed by atoms with van der Waals surface area (Å²) >= 11 is 3.45. The highest BCUT2D eigenvalue weighted by molar-refractivity contribution is 9.10. The van der Waals surface area contributed by atoms with Gasteiger partial charge in [-0.3, -0.25) is 14.6 Å². The van der Waals surface area contributed by atoms with E-state index in [1.807, 2.05) is 24.3 Å². The average Bonchev–Trinajstić information content (AvgIpc) is 2.42. The molecule has 0 radical (unpaired) electrons. The number of carbonyl (C=O) groups is 1. The summed E-state index contributed by atoms with van der Waals surface area (Å²) in [7, 11) is 2.18. The van der Waals surface area contributed by atoms with E-state index in [2.05, 4.69) is 46.6 Å². The molecule has 0 amide bonds. The molecule has 1 aromatic carbocycles. The monoisotopic (exact) mass is 338 g/mol. The molecule has 1 saturated heterocycles. The van der Waals surface area contributed by atoms with Gasteiger partial charge in [0.25, 0.3) is 0 Å². The minimum Gasteiger partial charge on any atom is -0.300 e. The lowest BCUT2D eigenvalue weighted by Gasteiger charge is -2.42. The number of benzene rings is 1. The van der Waals surface area contributed by atoms with Crippen molar-refractivity contribution in [1.29, 1.82) is 0 Å². The van der Waals surface area contributed by atoms with E-state index in [4.69, 9.17) is 0 Å². The molecule has 1 aromatic rings. The molecular weight excluding hydrogens is 316 g/mol. The van der Waals surface area contributed by atoms with E-state index in [0.717, 1.165) is 29.7 Å². The molecule has 0 aromatic heterocycles.